The molecule has 0 radical (unpaired) electrons. The van der Waals surface area contributed by atoms with Gasteiger partial charge in [0.05, 0.1) is 7.11 Å². The largest absolute Gasteiger partial charge is 0.493 e. The van der Waals surface area contributed by atoms with Gasteiger partial charge in [-0.1, -0.05) is 0 Å². The molecular formula is C13H17NO3. The van der Waals surface area contributed by atoms with Crippen LogP contribution in [0.3, 0.4) is 0 Å². The number of ether oxygens (including phenoxy) is 2. The van der Waals surface area contributed by atoms with Crippen LogP contribution in [0.4, 0.5) is 0 Å². The van der Waals surface area contributed by atoms with Gasteiger partial charge in [0.2, 0.25) is 0 Å². The third kappa shape index (κ3) is 2.77. The number of hydrogen-bond donors (Lipinski definition) is 1. The van der Waals surface area contributed by atoms with Gasteiger partial charge < -0.3 is 14.8 Å². The van der Waals surface area contributed by atoms with E-state index in [0.29, 0.717) is 17.1 Å². The van der Waals surface area contributed by atoms with E-state index in [4.69, 9.17) is 9.47 Å². The van der Waals surface area contributed by atoms with Gasteiger partial charge in [-0.2, -0.15) is 0 Å². The molecule has 0 bridgehead atoms. The van der Waals surface area contributed by atoms with Gasteiger partial charge in [0.15, 0.2) is 17.3 Å². The smallest absolute Gasteiger partial charge is 0.161 e. The molecule has 1 aromatic rings. The molecule has 92 valence electrons. The fourth-order valence-corrected chi connectivity index (χ4v) is 1.89. The molecule has 1 aliphatic rings. The van der Waals surface area contributed by atoms with Crippen molar-refractivity contribution in [1.82, 2.24) is 5.32 Å². The quantitative estimate of drug-likeness (QED) is 0.806. The Morgan fingerprint density at radius 3 is 2.82 bits per heavy atom. The van der Waals surface area contributed by atoms with Crippen LogP contribution in [-0.2, 0) is 0 Å². The summed E-state index contributed by atoms with van der Waals surface area (Å²) in [7, 11) is 1.58. The van der Waals surface area contributed by atoms with E-state index in [1.807, 2.05) is 0 Å². The molecule has 4 nitrogen and oxygen atoms in total. The van der Waals surface area contributed by atoms with Crippen LogP contribution in [0, 0.1) is 0 Å². The topological polar surface area (TPSA) is 47.6 Å². The van der Waals surface area contributed by atoms with Gasteiger partial charge in [0.1, 0.15) is 6.10 Å². The molecule has 0 amide bonds. The van der Waals surface area contributed by atoms with Gasteiger partial charge in [0.25, 0.3) is 0 Å². The first-order valence-electron chi connectivity index (χ1n) is 5.77. The molecular weight excluding hydrogens is 218 g/mol. The van der Waals surface area contributed by atoms with Crippen LogP contribution in [-0.4, -0.2) is 32.1 Å². The van der Waals surface area contributed by atoms with E-state index >= 15 is 0 Å². The summed E-state index contributed by atoms with van der Waals surface area (Å²) in [6.07, 6.45) is 1.18. The molecule has 0 spiro atoms. The Labute approximate surface area is 101 Å². The lowest BCUT2D eigenvalue weighted by Crippen LogP contribution is -2.19. The van der Waals surface area contributed by atoms with Crippen molar-refractivity contribution < 1.29 is 14.3 Å². The Hall–Kier alpha value is -1.55. The van der Waals surface area contributed by atoms with E-state index in [9.17, 15) is 4.79 Å². The first-order chi connectivity index (χ1) is 8.20. The molecule has 0 saturated carbocycles. The monoisotopic (exact) mass is 235 g/mol. The molecule has 1 aliphatic heterocycles. The highest BCUT2D eigenvalue weighted by atomic mass is 16.5. The van der Waals surface area contributed by atoms with Crippen LogP contribution in [0.2, 0.25) is 0 Å². The Morgan fingerprint density at radius 2 is 2.24 bits per heavy atom. The second-order valence-corrected chi connectivity index (χ2v) is 4.15. The molecule has 2 rings (SSSR count). The lowest BCUT2D eigenvalue weighted by Gasteiger charge is -2.15. The molecule has 1 fully saturated rings. The standard InChI is InChI=1S/C13H17NO3/c1-9(15)10-3-4-12(13(7-10)16-2)17-11-5-6-14-8-11/h3-4,7,11,14H,5-6,8H2,1-2H3. The van der Waals surface area contributed by atoms with Gasteiger partial charge in [-0.15, -0.1) is 0 Å². The highest BCUT2D eigenvalue weighted by molar-refractivity contribution is 5.94. The second kappa shape index (κ2) is 5.19. The summed E-state index contributed by atoms with van der Waals surface area (Å²) in [5, 5.41) is 3.24. The maximum atomic E-state index is 11.3. The van der Waals surface area contributed by atoms with E-state index in [2.05, 4.69) is 5.32 Å². The molecule has 1 N–H and O–H groups in total. The summed E-state index contributed by atoms with van der Waals surface area (Å²) >= 11 is 0. The maximum Gasteiger partial charge on any atom is 0.161 e. The number of nitrogens with one attached hydrogen (secondary N) is 1. The summed E-state index contributed by atoms with van der Waals surface area (Å²) in [6.45, 7) is 3.38. The van der Waals surface area contributed by atoms with Crippen molar-refractivity contribution in [3.63, 3.8) is 0 Å². The van der Waals surface area contributed by atoms with E-state index in [0.717, 1.165) is 19.5 Å². The predicted octanol–water partition coefficient (Wildman–Crippen LogP) is 1.64. The molecule has 17 heavy (non-hydrogen) atoms. The average Bonchev–Trinajstić information content (AvgIpc) is 2.82. The minimum Gasteiger partial charge on any atom is -0.493 e. The number of rotatable bonds is 4. The van der Waals surface area contributed by atoms with Gasteiger partial charge in [-0.3, -0.25) is 4.79 Å². The van der Waals surface area contributed by atoms with Crippen LogP contribution in [0.1, 0.15) is 23.7 Å². The number of carbonyl (C=O) groups is 1. The summed E-state index contributed by atoms with van der Waals surface area (Å²) < 4.78 is 11.1. The zero-order valence-corrected chi connectivity index (χ0v) is 10.2. The lowest BCUT2D eigenvalue weighted by molar-refractivity contribution is 0.101. The third-order valence-electron chi connectivity index (χ3n) is 2.88. The molecule has 1 aromatic carbocycles. The average molecular weight is 235 g/mol. The molecule has 1 atom stereocenters. The van der Waals surface area contributed by atoms with Crippen LogP contribution in [0.15, 0.2) is 18.2 Å². The maximum absolute atomic E-state index is 11.3. The SMILES string of the molecule is COc1cc(C(C)=O)ccc1OC1CCNC1. The van der Waals surface area contributed by atoms with Crippen LogP contribution in [0.25, 0.3) is 0 Å². The summed E-state index contributed by atoms with van der Waals surface area (Å²) in [5.74, 6) is 1.34. The number of methoxy groups -OCH3 is 1. The van der Waals surface area contributed by atoms with Crippen molar-refractivity contribution in [2.24, 2.45) is 0 Å². The summed E-state index contributed by atoms with van der Waals surface area (Å²) in [6, 6.07) is 5.29. The Balaban J connectivity index is 2.18. The van der Waals surface area contributed by atoms with Crippen molar-refractivity contribution in [3.8, 4) is 11.5 Å². The van der Waals surface area contributed by atoms with E-state index in [1.54, 1.807) is 25.3 Å². The number of benzene rings is 1. The molecule has 4 heteroatoms. The highest BCUT2D eigenvalue weighted by Crippen LogP contribution is 2.29. The van der Waals surface area contributed by atoms with Crippen LogP contribution >= 0.6 is 0 Å². The van der Waals surface area contributed by atoms with Crippen molar-refractivity contribution in [2.75, 3.05) is 20.2 Å². The summed E-state index contributed by atoms with van der Waals surface area (Å²) in [5.41, 5.74) is 0.638. The third-order valence-corrected chi connectivity index (χ3v) is 2.88. The highest BCUT2D eigenvalue weighted by Gasteiger charge is 2.18. The Bertz CT molecular complexity index is 411. The fraction of sp³-hybridized carbons (Fsp3) is 0.462. The van der Waals surface area contributed by atoms with Gasteiger partial charge >= 0.3 is 0 Å². The normalized spacial score (nSPS) is 19.1. The van der Waals surface area contributed by atoms with Crippen LogP contribution < -0.4 is 14.8 Å². The van der Waals surface area contributed by atoms with Crippen molar-refractivity contribution in [2.45, 2.75) is 19.4 Å². The number of hydrogen-bond acceptors (Lipinski definition) is 4. The van der Waals surface area contributed by atoms with Crippen molar-refractivity contribution in [3.05, 3.63) is 23.8 Å². The predicted molar refractivity (Wildman–Crippen MR) is 64.9 cm³/mol. The zero-order chi connectivity index (χ0) is 12.3. The second-order valence-electron chi connectivity index (χ2n) is 4.15. The fourth-order valence-electron chi connectivity index (χ4n) is 1.89. The number of Topliss-reactive ketones (excluding diaryl/α,β-unsaturated/α-hetero) is 1. The van der Waals surface area contributed by atoms with E-state index in [-0.39, 0.29) is 11.9 Å². The molecule has 1 saturated heterocycles. The Morgan fingerprint density at radius 1 is 1.41 bits per heavy atom. The first-order valence-corrected chi connectivity index (χ1v) is 5.77. The number of ketones is 1. The minimum atomic E-state index is 0.0254. The summed E-state index contributed by atoms with van der Waals surface area (Å²) in [4.78, 5) is 11.3. The number of carbonyl (C=O) groups excluding carboxylic acids is 1. The molecule has 1 heterocycles. The van der Waals surface area contributed by atoms with Gasteiger partial charge in [0, 0.05) is 12.1 Å². The van der Waals surface area contributed by atoms with Gasteiger partial charge in [-0.05, 0) is 38.1 Å². The van der Waals surface area contributed by atoms with Gasteiger partial charge in [-0.25, -0.2) is 0 Å². The first kappa shape index (κ1) is 11.9. The zero-order valence-electron chi connectivity index (χ0n) is 10.2. The molecule has 1 unspecified atom stereocenters. The lowest BCUT2D eigenvalue weighted by atomic mass is 10.1. The Kier molecular flexibility index (Phi) is 3.64. The van der Waals surface area contributed by atoms with E-state index < -0.39 is 0 Å². The minimum absolute atomic E-state index is 0.0254. The van der Waals surface area contributed by atoms with Crippen LogP contribution in [0.5, 0.6) is 11.5 Å². The molecule has 0 aliphatic carbocycles. The molecule has 0 aromatic heterocycles. The van der Waals surface area contributed by atoms with E-state index in [1.165, 1.54) is 6.92 Å². The van der Waals surface area contributed by atoms with Crippen molar-refractivity contribution >= 4 is 5.78 Å². The van der Waals surface area contributed by atoms with Crippen molar-refractivity contribution in [1.29, 1.82) is 0 Å².